The number of ether oxygens (including phenoxy) is 4. The van der Waals surface area contributed by atoms with Crippen molar-refractivity contribution in [2.45, 2.75) is 19.4 Å². The van der Waals surface area contributed by atoms with E-state index >= 15 is 0 Å². The van der Waals surface area contributed by atoms with E-state index in [2.05, 4.69) is 30.1 Å². The Kier molecular flexibility index (Phi) is 10.0. The molecule has 41 heavy (non-hydrogen) atoms. The standard InChI is InChI=1S/C23H26FN6O9P.Na.H/c1-23(2)21(31)30(11-38-40(32,33)34)20-14(39-23)6-7-17(28-20)27-19-13(24)10-25-22(29-19)26-12-8-15(35-3)18(37-5)16(9-12)36-4;;/h6-10H,11H2,1-5H3,(H2,32,33,34)(H2,25,26,27,28,29);;/q;+1;-1. The number of halogens is 1. The number of hydrogen-bond acceptors (Lipinski definition) is 12. The van der Waals surface area contributed by atoms with Crippen molar-refractivity contribution in [2.24, 2.45) is 0 Å². The van der Waals surface area contributed by atoms with E-state index in [1.54, 1.807) is 12.1 Å². The molecule has 0 saturated carbocycles. The van der Waals surface area contributed by atoms with Crippen LogP contribution in [-0.4, -0.2) is 64.3 Å². The first-order chi connectivity index (χ1) is 18.8. The fourth-order valence-electron chi connectivity index (χ4n) is 3.69. The third-order valence-electron chi connectivity index (χ3n) is 5.49. The molecular formula is C23H27FN6NaO9P. The normalized spacial score (nSPS) is 13.9. The summed E-state index contributed by atoms with van der Waals surface area (Å²) in [4.78, 5) is 44.4. The summed E-state index contributed by atoms with van der Waals surface area (Å²) in [7, 11) is -0.521. The molecule has 1 aromatic carbocycles. The Balaban J connectivity index is 0.00000308. The summed E-state index contributed by atoms with van der Waals surface area (Å²) in [5.74, 6) is -0.550. The van der Waals surface area contributed by atoms with E-state index in [9.17, 15) is 13.8 Å². The molecule has 0 radical (unpaired) electrons. The SMILES string of the molecule is COc1cc(Nc2ncc(F)c(Nc3ccc4c(n3)N(COP(=O)(O)O)C(=O)C(C)(C)O4)n2)cc(OC)c1OC.[H-].[Na+]. The molecular weight excluding hydrogens is 577 g/mol. The second-order valence-corrected chi connectivity index (χ2v) is 9.91. The molecule has 1 aliphatic heterocycles. The van der Waals surface area contributed by atoms with Crippen LogP contribution in [0.1, 0.15) is 15.3 Å². The Morgan fingerprint density at radius 3 is 2.34 bits per heavy atom. The topological polar surface area (TPSA) is 187 Å². The number of carbonyl (C=O) groups excluding carboxylic acids is 1. The maximum absolute atomic E-state index is 14.7. The third kappa shape index (κ3) is 7.35. The fraction of sp³-hybridized carbons (Fsp3) is 0.304. The monoisotopic (exact) mass is 604 g/mol. The van der Waals surface area contributed by atoms with Gasteiger partial charge < -0.3 is 40.8 Å². The Bertz CT molecular complexity index is 1470. The molecule has 0 bridgehead atoms. The number of phosphoric ester groups is 1. The van der Waals surface area contributed by atoms with Crippen LogP contribution in [0.5, 0.6) is 23.0 Å². The first-order valence-electron chi connectivity index (χ1n) is 11.4. The van der Waals surface area contributed by atoms with Crippen molar-refractivity contribution in [1.29, 1.82) is 0 Å². The number of anilines is 5. The molecule has 0 atom stereocenters. The molecule has 1 aliphatic rings. The van der Waals surface area contributed by atoms with Crippen LogP contribution in [0, 0.1) is 5.82 Å². The number of pyridine rings is 1. The molecule has 3 heterocycles. The second kappa shape index (κ2) is 12.7. The molecule has 2 aromatic heterocycles. The van der Waals surface area contributed by atoms with Gasteiger partial charge in [0.2, 0.25) is 11.7 Å². The van der Waals surface area contributed by atoms with Crippen LogP contribution < -0.4 is 64.0 Å². The molecule has 18 heteroatoms. The van der Waals surface area contributed by atoms with E-state index < -0.39 is 31.9 Å². The quantitative estimate of drug-likeness (QED) is 0.182. The molecule has 1 amide bonds. The molecule has 0 spiro atoms. The van der Waals surface area contributed by atoms with E-state index in [4.69, 9.17) is 28.7 Å². The number of aromatic nitrogens is 3. The summed E-state index contributed by atoms with van der Waals surface area (Å²) in [6.07, 6.45) is 0.934. The number of phosphoric acid groups is 1. The molecule has 4 N–H and O–H groups in total. The molecule has 15 nitrogen and oxygen atoms in total. The Hall–Kier alpha value is -3.24. The molecule has 0 fully saturated rings. The summed E-state index contributed by atoms with van der Waals surface area (Å²) in [6, 6.07) is 6.12. The van der Waals surface area contributed by atoms with E-state index in [1.807, 2.05) is 0 Å². The zero-order chi connectivity index (χ0) is 29.2. The van der Waals surface area contributed by atoms with E-state index in [0.717, 1.165) is 11.1 Å². The summed E-state index contributed by atoms with van der Waals surface area (Å²) < 4.78 is 52.1. The van der Waals surface area contributed by atoms with Gasteiger partial charge in [0.1, 0.15) is 12.5 Å². The van der Waals surface area contributed by atoms with Gasteiger partial charge in [-0.3, -0.25) is 14.2 Å². The molecule has 4 rings (SSSR count). The summed E-state index contributed by atoms with van der Waals surface area (Å²) in [5.41, 5.74) is -0.911. The molecule has 216 valence electrons. The van der Waals surface area contributed by atoms with E-state index in [-0.39, 0.29) is 60.1 Å². The minimum Gasteiger partial charge on any atom is -1.00 e. The van der Waals surface area contributed by atoms with Crippen molar-refractivity contribution in [3.8, 4) is 23.0 Å². The van der Waals surface area contributed by atoms with Crippen molar-refractivity contribution < 1.29 is 78.0 Å². The van der Waals surface area contributed by atoms with Gasteiger partial charge in [0.05, 0.1) is 27.5 Å². The van der Waals surface area contributed by atoms with Gasteiger partial charge in [-0.15, -0.1) is 0 Å². The van der Waals surface area contributed by atoms with Gasteiger partial charge >= 0.3 is 37.4 Å². The van der Waals surface area contributed by atoms with Crippen LogP contribution in [0.4, 0.5) is 33.5 Å². The van der Waals surface area contributed by atoms with Crippen molar-refractivity contribution in [1.82, 2.24) is 15.0 Å². The smallest absolute Gasteiger partial charge is 1.00 e. The van der Waals surface area contributed by atoms with Crippen molar-refractivity contribution >= 4 is 42.8 Å². The van der Waals surface area contributed by atoms with Gasteiger partial charge in [0, 0.05) is 17.8 Å². The van der Waals surface area contributed by atoms with Crippen molar-refractivity contribution in [3.63, 3.8) is 0 Å². The minimum atomic E-state index is -4.91. The number of nitrogens with one attached hydrogen (secondary N) is 2. The Labute approximate surface area is 257 Å². The second-order valence-electron chi connectivity index (χ2n) is 8.67. The van der Waals surface area contributed by atoms with Gasteiger partial charge in [0.15, 0.2) is 40.3 Å². The molecule has 0 aliphatic carbocycles. The zero-order valence-corrected chi connectivity index (χ0v) is 25.9. The number of methoxy groups -OCH3 is 3. The maximum Gasteiger partial charge on any atom is 1.00 e. The predicted octanol–water partition coefficient (Wildman–Crippen LogP) is 0.211. The van der Waals surface area contributed by atoms with Gasteiger partial charge in [-0.25, -0.2) is 18.9 Å². The van der Waals surface area contributed by atoms with Gasteiger partial charge in [-0.1, -0.05) is 0 Å². The predicted molar refractivity (Wildman–Crippen MR) is 140 cm³/mol. The average Bonchev–Trinajstić information content (AvgIpc) is 2.89. The molecule has 0 saturated heterocycles. The number of nitrogens with zero attached hydrogens (tertiary/aromatic N) is 4. The van der Waals surface area contributed by atoms with Gasteiger partial charge in [-0.2, -0.15) is 4.98 Å². The zero-order valence-electron chi connectivity index (χ0n) is 24.0. The van der Waals surface area contributed by atoms with Crippen LogP contribution in [0.15, 0.2) is 30.5 Å². The number of benzene rings is 1. The number of hydrogen-bond donors (Lipinski definition) is 4. The number of fused-ring (bicyclic) bond motifs is 1. The maximum atomic E-state index is 14.7. The van der Waals surface area contributed by atoms with E-state index in [1.165, 1.54) is 47.3 Å². The Morgan fingerprint density at radius 1 is 1.10 bits per heavy atom. The van der Waals surface area contributed by atoms with Crippen LogP contribution in [-0.2, 0) is 13.9 Å². The molecule has 3 aromatic rings. The largest absolute Gasteiger partial charge is 1.00 e. The van der Waals surface area contributed by atoms with E-state index in [0.29, 0.717) is 22.9 Å². The Morgan fingerprint density at radius 2 is 1.76 bits per heavy atom. The van der Waals surface area contributed by atoms with Crippen LogP contribution >= 0.6 is 7.82 Å². The van der Waals surface area contributed by atoms with Gasteiger partial charge in [-0.05, 0) is 26.0 Å². The summed E-state index contributed by atoms with van der Waals surface area (Å²) in [5, 5.41) is 5.64. The van der Waals surface area contributed by atoms with Crippen LogP contribution in [0.2, 0.25) is 0 Å². The van der Waals surface area contributed by atoms with Crippen molar-refractivity contribution in [2.75, 3.05) is 43.6 Å². The first kappa shape index (κ1) is 32.3. The number of amides is 1. The summed E-state index contributed by atoms with van der Waals surface area (Å²) >= 11 is 0. The summed E-state index contributed by atoms with van der Waals surface area (Å²) in [6.45, 7) is 2.16. The van der Waals surface area contributed by atoms with Gasteiger partial charge in [0.25, 0.3) is 5.91 Å². The first-order valence-corrected chi connectivity index (χ1v) is 13.0. The van der Waals surface area contributed by atoms with Crippen molar-refractivity contribution in [3.05, 3.63) is 36.3 Å². The third-order valence-corrected chi connectivity index (χ3v) is 5.94. The number of rotatable bonds is 10. The van der Waals surface area contributed by atoms with Crippen LogP contribution in [0.25, 0.3) is 0 Å². The fourth-order valence-corrected chi connectivity index (χ4v) is 3.96. The minimum absolute atomic E-state index is 0. The average molecular weight is 604 g/mol. The van der Waals surface area contributed by atoms with Crippen LogP contribution in [0.3, 0.4) is 0 Å². The number of carbonyl (C=O) groups is 1. The molecule has 0 unspecified atom stereocenters.